The molecule has 1 aliphatic heterocycles. The molecule has 2 aromatic heterocycles. The number of aromatic nitrogens is 4. The summed E-state index contributed by atoms with van der Waals surface area (Å²) in [5.41, 5.74) is 1.24. The molecule has 5 rings (SSSR count). The van der Waals surface area contributed by atoms with Crippen molar-refractivity contribution in [3.8, 4) is 11.5 Å². The van der Waals surface area contributed by atoms with Crippen molar-refractivity contribution in [3.05, 3.63) is 70.3 Å². The van der Waals surface area contributed by atoms with Crippen molar-refractivity contribution in [2.75, 3.05) is 31.1 Å². The molecule has 0 atom stereocenters. The fourth-order valence-electron chi connectivity index (χ4n) is 3.91. The molecule has 1 saturated heterocycles. The van der Waals surface area contributed by atoms with Crippen molar-refractivity contribution in [2.24, 2.45) is 0 Å². The Morgan fingerprint density at radius 1 is 1.00 bits per heavy atom. The van der Waals surface area contributed by atoms with E-state index in [-0.39, 0.29) is 17.4 Å². The third kappa shape index (κ3) is 4.86. The topological polar surface area (TPSA) is 108 Å². The van der Waals surface area contributed by atoms with Gasteiger partial charge in [-0.2, -0.15) is 18.2 Å². The lowest BCUT2D eigenvalue weighted by Gasteiger charge is -2.35. The number of fused-ring (bicyclic) bond motifs is 1. The first-order chi connectivity index (χ1) is 16.8. The van der Waals surface area contributed by atoms with Gasteiger partial charge in [0.2, 0.25) is 5.95 Å². The molecule has 1 aliphatic rings. The average Bonchev–Trinajstić information content (AvgIpc) is 3.30. The van der Waals surface area contributed by atoms with E-state index in [1.54, 1.807) is 47.4 Å². The zero-order chi connectivity index (χ0) is 24.6. The molecule has 2 aromatic carbocycles. The number of nitrogens with one attached hydrogen (secondary N) is 1. The molecule has 1 fully saturated rings. The maximum absolute atomic E-state index is 12.9. The first kappa shape index (κ1) is 22.6. The van der Waals surface area contributed by atoms with Crippen LogP contribution in [0.2, 0.25) is 0 Å². The normalized spacial score (nSPS) is 14.5. The highest BCUT2D eigenvalue weighted by molar-refractivity contribution is 5.94. The van der Waals surface area contributed by atoms with Crippen LogP contribution in [0, 0.1) is 0 Å². The van der Waals surface area contributed by atoms with E-state index < -0.39 is 18.4 Å². The van der Waals surface area contributed by atoms with Gasteiger partial charge in [-0.15, -0.1) is 0 Å². The maximum atomic E-state index is 12.9. The first-order valence-corrected chi connectivity index (χ1v) is 10.8. The Kier molecular flexibility index (Phi) is 5.71. The van der Waals surface area contributed by atoms with Gasteiger partial charge in [-0.05, 0) is 36.4 Å². The highest BCUT2D eigenvalue weighted by Gasteiger charge is 2.31. The lowest BCUT2D eigenvalue weighted by atomic mass is 10.1. The molecule has 0 unspecified atom stereocenters. The fraction of sp³-hybridized carbons (Fsp3) is 0.261. The zero-order valence-corrected chi connectivity index (χ0v) is 18.2. The summed E-state index contributed by atoms with van der Waals surface area (Å²) in [5.74, 6) is -0.212. The summed E-state index contributed by atoms with van der Waals surface area (Å²) in [6, 6.07) is 13.3. The zero-order valence-electron chi connectivity index (χ0n) is 18.2. The number of anilines is 1. The van der Waals surface area contributed by atoms with Gasteiger partial charge in [0.1, 0.15) is 6.42 Å². The van der Waals surface area contributed by atoms with Crippen molar-refractivity contribution in [1.82, 2.24) is 25.0 Å². The van der Waals surface area contributed by atoms with Gasteiger partial charge >= 0.3 is 6.18 Å². The molecular weight excluding hydrogens is 465 g/mol. The number of rotatable bonds is 4. The second kappa shape index (κ2) is 8.85. The molecule has 35 heavy (non-hydrogen) atoms. The Morgan fingerprint density at radius 2 is 1.71 bits per heavy atom. The second-order valence-electron chi connectivity index (χ2n) is 8.07. The smallest absolute Gasteiger partial charge is 0.339 e. The van der Waals surface area contributed by atoms with Crippen LogP contribution in [0.1, 0.15) is 16.2 Å². The van der Waals surface area contributed by atoms with Crippen molar-refractivity contribution in [3.63, 3.8) is 0 Å². The first-order valence-electron chi connectivity index (χ1n) is 10.8. The quantitative estimate of drug-likeness (QED) is 0.474. The number of piperazine rings is 1. The molecule has 0 spiro atoms. The van der Waals surface area contributed by atoms with E-state index in [1.807, 2.05) is 11.0 Å². The minimum atomic E-state index is -4.43. The van der Waals surface area contributed by atoms with Gasteiger partial charge in [-0.3, -0.25) is 14.6 Å². The van der Waals surface area contributed by atoms with Gasteiger partial charge in [0.05, 0.1) is 10.9 Å². The summed E-state index contributed by atoms with van der Waals surface area (Å²) in [6.45, 7) is 1.85. The van der Waals surface area contributed by atoms with E-state index in [0.29, 0.717) is 54.2 Å². The number of nitrogens with zero attached hydrogens (tertiary/aromatic N) is 5. The average molecular weight is 484 g/mol. The summed E-state index contributed by atoms with van der Waals surface area (Å²) < 4.78 is 42.4. The molecule has 3 heterocycles. The molecule has 0 saturated carbocycles. The lowest BCUT2D eigenvalue weighted by Crippen LogP contribution is -2.49. The van der Waals surface area contributed by atoms with Crippen LogP contribution in [0.4, 0.5) is 19.1 Å². The molecule has 180 valence electrons. The van der Waals surface area contributed by atoms with Crippen LogP contribution in [0.25, 0.3) is 22.4 Å². The lowest BCUT2D eigenvalue weighted by molar-refractivity contribution is -0.128. The number of benzene rings is 2. The molecule has 0 aliphatic carbocycles. The number of alkyl halides is 3. The third-order valence-corrected chi connectivity index (χ3v) is 5.67. The van der Waals surface area contributed by atoms with Gasteiger partial charge in [0, 0.05) is 37.3 Å². The van der Waals surface area contributed by atoms with E-state index in [2.05, 4.69) is 20.1 Å². The maximum Gasteiger partial charge on any atom is 0.396 e. The summed E-state index contributed by atoms with van der Waals surface area (Å²) in [4.78, 5) is 40.0. The van der Waals surface area contributed by atoms with E-state index in [9.17, 15) is 22.8 Å². The standard InChI is InChI=1S/C23H19F3N6O3/c24-23(25,26)13-18-28-20(35-30-18)14-5-7-15(8-6-14)21(34)31-9-11-32(12-10-31)22-27-17-4-2-1-3-16(17)19(33)29-22/h1-8H,9-13H2,(H,27,29,33). The van der Waals surface area contributed by atoms with Crippen LogP contribution in [0.15, 0.2) is 57.8 Å². The van der Waals surface area contributed by atoms with Gasteiger partial charge in [-0.1, -0.05) is 17.3 Å². The summed E-state index contributed by atoms with van der Waals surface area (Å²) >= 11 is 0. The van der Waals surface area contributed by atoms with Crippen LogP contribution in [-0.4, -0.2) is 63.3 Å². The van der Waals surface area contributed by atoms with Crippen LogP contribution < -0.4 is 10.5 Å². The highest BCUT2D eigenvalue weighted by Crippen LogP contribution is 2.23. The predicted molar refractivity (Wildman–Crippen MR) is 120 cm³/mol. The van der Waals surface area contributed by atoms with Gasteiger partial charge in [0.25, 0.3) is 17.4 Å². The van der Waals surface area contributed by atoms with Gasteiger partial charge < -0.3 is 14.3 Å². The van der Waals surface area contributed by atoms with E-state index in [0.717, 1.165) is 0 Å². The van der Waals surface area contributed by atoms with Crippen molar-refractivity contribution in [2.45, 2.75) is 12.6 Å². The third-order valence-electron chi connectivity index (χ3n) is 5.67. The summed E-state index contributed by atoms with van der Waals surface area (Å²) in [6.07, 6.45) is -5.71. The Morgan fingerprint density at radius 3 is 2.43 bits per heavy atom. The van der Waals surface area contributed by atoms with Crippen molar-refractivity contribution in [1.29, 1.82) is 0 Å². The number of carbonyl (C=O) groups excluding carboxylic acids is 1. The van der Waals surface area contributed by atoms with Gasteiger partial charge in [-0.25, -0.2) is 4.98 Å². The molecule has 12 heteroatoms. The van der Waals surface area contributed by atoms with Crippen LogP contribution in [0.5, 0.6) is 0 Å². The monoisotopic (exact) mass is 484 g/mol. The van der Waals surface area contributed by atoms with E-state index in [1.165, 1.54) is 0 Å². The Bertz CT molecular complexity index is 1420. The number of hydrogen-bond acceptors (Lipinski definition) is 7. The van der Waals surface area contributed by atoms with Gasteiger partial charge in [0.15, 0.2) is 5.82 Å². The second-order valence-corrected chi connectivity index (χ2v) is 8.07. The summed E-state index contributed by atoms with van der Waals surface area (Å²) in [5, 5.41) is 3.87. The highest BCUT2D eigenvalue weighted by atomic mass is 19.4. The predicted octanol–water partition coefficient (Wildman–Crippen LogP) is 3.04. The van der Waals surface area contributed by atoms with E-state index >= 15 is 0 Å². The minimum Gasteiger partial charge on any atom is -0.339 e. The Balaban J connectivity index is 1.23. The minimum absolute atomic E-state index is 0.0475. The Labute approximate surface area is 196 Å². The molecule has 4 aromatic rings. The molecule has 0 radical (unpaired) electrons. The Hall–Kier alpha value is -4.22. The number of amides is 1. The van der Waals surface area contributed by atoms with Crippen LogP contribution in [-0.2, 0) is 6.42 Å². The molecule has 0 bridgehead atoms. The number of H-pyrrole nitrogens is 1. The number of hydrogen-bond donors (Lipinski definition) is 1. The number of para-hydroxylation sites is 1. The van der Waals surface area contributed by atoms with Crippen molar-refractivity contribution >= 4 is 22.8 Å². The number of carbonyl (C=O) groups is 1. The SMILES string of the molecule is O=C(c1ccc(-c2nc(CC(F)(F)F)no2)cc1)N1CCN(c2nc3ccccc3c(=O)[nH]2)CC1. The fourth-order valence-corrected chi connectivity index (χ4v) is 3.91. The van der Waals surface area contributed by atoms with E-state index in [4.69, 9.17) is 4.52 Å². The number of aromatic amines is 1. The summed E-state index contributed by atoms with van der Waals surface area (Å²) in [7, 11) is 0. The van der Waals surface area contributed by atoms with Crippen LogP contribution >= 0.6 is 0 Å². The molecule has 9 nitrogen and oxygen atoms in total. The molecule has 1 N–H and O–H groups in total. The van der Waals surface area contributed by atoms with Crippen molar-refractivity contribution < 1.29 is 22.5 Å². The molecular formula is C23H19F3N6O3. The molecule has 1 amide bonds. The largest absolute Gasteiger partial charge is 0.396 e. The van der Waals surface area contributed by atoms with Crippen LogP contribution in [0.3, 0.4) is 0 Å². The number of halogens is 3.